The predicted molar refractivity (Wildman–Crippen MR) is 99.0 cm³/mol. The molecule has 24 heavy (non-hydrogen) atoms. The molecule has 1 N–H and O–H groups in total. The number of sulfonamides is 1. The number of benzene rings is 1. The Labute approximate surface area is 155 Å². The van der Waals surface area contributed by atoms with Crippen molar-refractivity contribution in [2.75, 3.05) is 19.1 Å². The molecule has 136 valence electrons. The Morgan fingerprint density at radius 2 is 2.04 bits per heavy atom. The van der Waals surface area contributed by atoms with E-state index in [1.165, 1.54) is 24.9 Å². The molecule has 0 heterocycles. The maximum Gasteiger partial charge on any atom is 0.324 e. The number of methoxy groups -OCH3 is 1. The average Bonchev–Trinajstić information content (AvgIpc) is 2.50. The number of hydrogen-bond donors (Lipinski definition) is 1. The highest BCUT2D eigenvalue weighted by Gasteiger charge is 2.29. The SMILES string of the molecule is COc1ccc(Br)cc1S(=O)(=O)N[C@@H](CCSC)C(=O)OC(C)C. The van der Waals surface area contributed by atoms with Gasteiger partial charge in [0.15, 0.2) is 0 Å². The number of ether oxygens (including phenoxy) is 2. The molecule has 1 rings (SSSR count). The minimum absolute atomic E-state index is 0.0362. The quantitative estimate of drug-likeness (QED) is 0.595. The van der Waals surface area contributed by atoms with Crippen LogP contribution in [0.25, 0.3) is 0 Å². The van der Waals surface area contributed by atoms with Gasteiger partial charge in [-0.1, -0.05) is 15.9 Å². The molecule has 0 aliphatic carbocycles. The van der Waals surface area contributed by atoms with Crippen molar-refractivity contribution in [2.45, 2.75) is 37.3 Å². The van der Waals surface area contributed by atoms with E-state index in [4.69, 9.17) is 9.47 Å². The molecule has 0 fully saturated rings. The zero-order valence-corrected chi connectivity index (χ0v) is 17.3. The zero-order valence-electron chi connectivity index (χ0n) is 14.0. The van der Waals surface area contributed by atoms with Crippen LogP contribution in [0.15, 0.2) is 27.6 Å². The van der Waals surface area contributed by atoms with Crippen molar-refractivity contribution in [2.24, 2.45) is 0 Å². The number of halogens is 1. The van der Waals surface area contributed by atoms with E-state index in [1.54, 1.807) is 26.0 Å². The minimum Gasteiger partial charge on any atom is -0.495 e. The topological polar surface area (TPSA) is 81.7 Å². The molecule has 0 aliphatic heterocycles. The molecule has 0 bridgehead atoms. The third-order valence-electron chi connectivity index (χ3n) is 2.96. The molecule has 0 amide bonds. The van der Waals surface area contributed by atoms with Crippen LogP contribution in [0.4, 0.5) is 0 Å². The second-order valence-corrected chi connectivity index (χ2v) is 8.82. The minimum atomic E-state index is -3.95. The Morgan fingerprint density at radius 1 is 1.38 bits per heavy atom. The van der Waals surface area contributed by atoms with E-state index in [-0.39, 0.29) is 16.7 Å². The Morgan fingerprint density at radius 3 is 2.58 bits per heavy atom. The monoisotopic (exact) mass is 439 g/mol. The predicted octanol–water partition coefficient (Wildman–Crippen LogP) is 2.81. The highest BCUT2D eigenvalue weighted by atomic mass is 79.9. The van der Waals surface area contributed by atoms with E-state index in [0.29, 0.717) is 16.6 Å². The smallest absolute Gasteiger partial charge is 0.324 e. The second-order valence-electron chi connectivity index (χ2n) is 5.24. The maximum atomic E-state index is 12.7. The first-order valence-electron chi connectivity index (χ1n) is 7.26. The molecule has 0 saturated heterocycles. The zero-order chi connectivity index (χ0) is 18.3. The largest absolute Gasteiger partial charge is 0.495 e. The van der Waals surface area contributed by atoms with Crippen molar-refractivity contribution in [3.8, 4) is 5.75 Å². The fourth-order valence-electron chi connectivity index (χ4n) is 1.89. The van der Waals surface area contributed by atoms with Crippen molar-refractivity contribution >= 4 is 43.7 Å². The van der Waals surface area contributed by atoms with Gasteiger partial charge in [-0.2, -0.15) is 16.5 Å². The van der Waals surface area contributed by atoms with Crippen LogP contribution in [0.5, 0.6) is 5.75 Å². The molecule has 9 heteroatoms. The lowest BCUT2D eigenvalue weighted by atomic mass is 10.2. The standard InChI is InChI=1S/C15H22BrNO5S2/c1-10(2)22-15(18)12(7-8-23-4)17-24(19,20)14-9-11(16)5-6-13(14)21-3/h5-6,9-10,12,17H,7-8H2,1-4H3/t12-/m0/s1. The molecular weight excluding hydrogens is 418 g/mol. The third kappa shape index (κ3) is 6.27. The van der Waals surface area contributed by atoms with Crippen LogP contribution in [0.1, 0.15) is 20.3 Å². The van der Waals surface area contributed by atoms with Crippen LogP contribution in [0.3, 0.4) is 0 Å². The van der Waals surface area contributed by atoms with Crippen molar-refractivity contribution in [3.63, 3.8) is 0 Å². The van der Waals surface area contributed by atoms with Gasteiger partial charge in [0, 0.05) is 4.47 Å². The van der Waals surface area contributed by atoms with Crippen LogP contribution in [0.2, 0.25) is 0 Å². The summed E-state index contributed by atoms with van der Waals surface area (Å²) in [4.78, 5) is 12.2. The number of hydrogen-bond acceptors (Lipinski definition) is 6. The summed E-state index contributed by atoms with van der Waals surface area (Å²) in [6, 6.07) is 3.70. The summed E-state index contributed by atoms with van der Waals surface area (Å²) in [5.74, 6) is 0.235. The number of carbonyl (C=O) groups excluding carboxylic acids is 1. The van der Waals surface area contributed by atoms with Gasteiger partial charge in [-0.05, 0) is 50.5 Å². The van der Waals surface area contributed by atoms with Gasteiger partial charge in [0.2, 0.25) is 10.0 Å². The Kier molecular flexibility index (Phi) is 8.55. The van der Waals surface area contributed by atoms with E-state index < -0.39 is 22.0 Å². The fraction of sp³-hybridized carbons (Fsp3) is 0.533. The summed E-state index contributed by atoms with van der Waals surface area (Å²) < 4.78 is 38.7. The molecule has 1 atom stereocenters. The first kappa shape index (κ1) is 21.3. The van der Waals surface area contributed by atoms with Gasteiger partial charge >= 0.3 is 5.97 Å². The summed E-state index contributed by atoms with van der Waals surface area (Å²) in [7, 11) is -2.56. The van der Waals surface area contributed by atoms with E-state index in [1.807, 2.05) is 6.26 Å². The van der Waals surface area contributed by atoms with E-state index in [0.717, 1.165) is 0 Å². The Bertz CT molecular complexity index is 664. The average molecular weight is 440 g/mol. The van der Waals surface area contributed by atoms with E-state index in [2.05, 4.69) is 20.7 Å². The highest BCUT2D eigenvalue weighted by molar-refractivity contribution is 9.10. The van der Waals surface area contributed by atoms with Crippen LogP contribution in [-0.4, -0.2) is 45.7 Å². The number of thioether (sulfide) groups is 1. The number of nitrogens with one attached hydrogen (secondary N) is 1. The lowest BCUT2D eigenvalue weighted by Crippen LogP contribution is -2.43. The van der Waals surface area contributed by atoms with Gasteiger partial charge in [0.05, 0.1) is 13.2 Å². The van der Waals surface area contributed by atoms with Crippen LogP contribution >= 0.6 is 27.7 Å². The number of esters is 1. The van der Waals surface area contributed by atoms with Crippen molar-refractivity contribution in [1.29, 1.82) is 0 Å². The molecule has 0 aliphatic rings. The van der Waals surface area contributed by atoms with Gasteiger partial charge in [-0.15, -0.1) is 0 Å². The highest BCUT2D eigenvalue weighted by Crippen LogP contribution is 2.27. The Hall–Kier alpha value is -0.770. The first-order valence-corrected chi connectivity index (χ1v) is 10.9. The fourth-order valence-corrected chi connectivity index (χ4v) is 4.28. The first-order chi connectivity index (χ1) is 11.2. The van der Waals surface area contributed by atoms with Gasteiger partial charge in [0.1, 0.15) is 16.7 Å². The molecule has 6 nitrogen and oxygen atoms in total. The molecule has 0 aromatic heterocycles. The molecule has 0 radical (unpaired) electrons. The summed E-state index contributed by atoms with van der Waals surface area (Å²) in [5.41, 5.74) is 0. The van der Waals surface area contributed by atoms with E-state index >= 15 is 0 Å². The van der Waals surface area contributed by atoms with Gasteiger partial charge in [-0.25, -0.2) is 8.42 Å². The molecule has 0 spiro atoms. The number of carbonyl (C=O) groups is 1. The summed E-state index contributed by atoms with van der Waals surface area (Å²) in [6.45, 7) is 3.44. The third-order valence-corrected chi connectivity index (χ3v) is 5.59. The molecule has 0 unspecified atom stereocenters. The van der Waals surface area contributed by atoms with Crippen LogP contribution in [-0.2, 0) is 19.6 Å². The van der Waals surface area contributed by atoms with Gasteiger partial charge < -0.3 is 9.47 Å². The van der Waals surface area contributed by atoms with Crippen LogP contribution in [0, 0.1) is 0 Å². The van der Waals surface area contributed by atoms with E-state index in [9.17, 15) is 13.2 Å². The second kappa shape index (κ2) is 9.65. The molecule has 0 saturated carbocycles. The summed E-state index contributed by atoms with van der Waals surface area (Å²) in [5, 5.41) is 0. The molecule has 1 aromatic rings. The summed E-state index contributed by atoms with van der Waals surface area (Å²) >= 11 is 4.77. The molecular formula is C15H22BrNO5S2. The number of rotatable bonds is 9. The molecule has 1 aromatic carbocycles. The normalized spacial score (nSPS) is 12.9. The van der Waals surface area contributed by atoms with Crippen molar-refractivity contribution in [3.05, 3.63) is 22.7 Å². The van der Waals surface area contributed by atoms with Crippen LogP contribution < -0.4 is 9.46 Å². The van der Waals surface area contributed by atoms with Crippen molar-refractivity contribution < 1.29 is 22.7 Å². The lowest BCUT2D eigenvalue weighted by molar-refractivity contribution is -0.149. The van der Waals surface area contributed by atoms with Gasteiger partial charge in [-0.3, -0.25) is 4.79 Å². The maximum absolute atomic E-state index is 12.7. The van der Waals surface area contributed by atoms with Crippen molar-refractivity contribution in [1.82, 2.24) is 4.72 Å². The Balaban J connectivity index is 3.10. The van der Waals surface area contributed by atoms with Gasteiger partial charge in [0.25, 0.3) is 0 Å². The summed E-state index contributed by atoms with van der Waals surface area (Å²) in [6.07, 6.45) is 1.90. The lowest BCUT2D eigenvalue weighted by Gasteiger charge is -2.19.